The molecule has 5 nitrogen and oxygen atoms in total. The van der Waals surface area contributed by atoms with Crippen LogP contribution in [0.2, 0.25) is 0 Å². The van der Waals surface area contributed by atoms with Gasteiger partial charge in [-0.3, -0.25) is 10.2 Å². The van der Waals surface area contributed by atoms with Crippen LogP contribution in [0.3, 0.4) is 0 Å². The SMILES string of the molecule is COC(=O)NNC(=O)/C=C/c1ccccc1. The van der Waals surface area contributed by atoms with E-state index in [4.69, 9.17) is 0 Å². The Labute approximate surface area is 93.1 Å². The van der Waals surface area contributed by atoms with Gasteiger partial charge < -0.3 is 4.74 Å². The van der Waals surface area contributed by atoms with Gasteiger partial charge in [-0.25, -0.2) is 10.2 Å². The second kappa shape index (κ2) is 6.23. The van der Waals surface area contributed by atoms with E-state index in [1.807, 2.05) is 30.3 Å². The number of benzene rings is 1. The van der Waals surface area contributed by atoms with E-state index in [0.717, 1.165) is 5.56 Å². The van der Waals surface area contributed by atoms with Crippen LogP contribution in [0, 0.1) is 0 Å². The van der Waals surface area contributed by atoms with Crippen LogP contribution < -0.4 is 10.9 Å². The number of nitrogens with one attached hydrogen (secondary N) is 2. The van der Waals surface area contributed by atoms with Crippen molar-refractivity contribution in [1.82, 2.24) is 10.9 Å². The first kappa shape index (κ1) is 11.8. The predicted octanol–water partition coefficient (Wildman–Crippen LogP) is 1.09. The second-order valence-corrected chi connectivity index (χ2v) is 2.85. The van der Waals surface area contributed by atoms with Gasteiger partial charge >= 0.3 is 6.09 Å². The lowest BCUT2D eigenvalue weighted by atomic mass is 10.2. The Morgan fingerprint density at radius 1 is 1.19 bits per heavy atom. The molecule has 0 aliphatic carbocycles. The molecule has 84 valence electrons. The van der Waals surface area contributed by atoms with Crippen molar-refractivity contribution < 1.29 is 14.3 Å². The molecule has 0 fully saturated rings. The molecule has 1 aromatic rings. The fourth-order valence-corrected chi connectivity index (χ4v) is 0.941. The Morgan fingerprint density at radius 3 is 2.50 bits per heavy atom. The summed E-state index contributed by atoms with van der Waals surface area (Å²) in [6.45, 7) is 0. The summed E-state index contributed by atoms with van der Waals surface area (Å²) in [5.41, 5.74) is 5.11. The van der Waals surface area contributed by atoms with Crippen LogP contribution >= 0.6 is 0 Å². The molecule has 0 aliphatic rings. The molecule has 0 saturated carbocycles. The van der Waals surface area contributed by atoms with E-state index in [0.29, 0.717) is 0 Å². The molecule has 0 unspecified atom stereocenters. The highest BCUT2D eigenvalue weighted by atomic mass is 16.5. The maximum Gasteiger partial charge on any atom is 0.425 e. The number of hydrogen-bond donors (Lipinski definition) is 2. The number of methoxy groups -OCH3 is 1. The zero-order valence-corrected chi connectivity index (χ0v) is 8.77. The van der Waals surface area contributed by atoms with Gasteiger partial charge in [0.1, 0.15) is 0 Å². The summed E-state index contributed by atoms with van der Waals surface area (Å²) in [5, 5.41) is 0. The number of amides is 2. The van der Waals surface area contributed by atoms with Crippen molar-refractivity contribution in [3.63, 3.8) is 0 Å². The second-order valence-electron chi connectivity index (χ2n) is 2.85. The average molecular weight is 220 g/mol. The Kier molecular flexibility index (Phi) is 4.59. The first-order chi connectivity index (χ1) is 7.72. The van der Waals surface area contributed by atoms with Crippen molar-refractivity contribution in [3.8, 4) is 0 Å². The number of carbonyl (C=O) groups excluding carboxylic acids is 2. The summed E-state index contributed by atoms with van der Waals surface area (Å²) in [4.78, 5) is 21.8. The van der Waals surface area contributed by atoms with Gasteiger partial charge in [0.2, 0.25) is 0 Å². The standard InChI is InChI=1S/C11H12N2O3/c1-16-11(15)13-12-10(14)8-7-9-5-3-2-4-6-9/h2-8H,1H3,(H,12,14)(H,13,15)/b8-7+. The molecule has 0 bridgehead atoms. The third-order valence-electron chi connectivity index (χ3n) is 1.70. The molecule has 0 aliphatic heterocycles. The largest absolute Gasteiger partial charge is 0.452 e. The van der Waals surface area contributed by atoms with E-state index < -0.39 is 12.0 Å². The van der Waals surface area contributed by atoms with E-state index >= 15 is 0 Å². The first-order valence-electron chi connectivity index (χ1n) is 4.59. The molecule has 0 radical (unpaired) electrons. The first-order valence-corrected chi connectivity index (χ1v) is 4.59. The number of ether oxygens (including phenoxy) is 1. The van der Waals surface area contributed by atoms with Gasteiger partial charge in [0.05, 0.1) is 7.11 Å². The molecule has 16 heavy (non-hydrogen) atoms. The van der Waals surface area contributed by atoms with E-state index in [2.05, 4.69) is 15.6 Å². The zero-order chi connectivity index (χ0) is 11.8. The van der Waals surface area contributed by atoms with Gasteiger partial charge in [-0.15, -0.1) is 0 Å². The van der Waals surface area contributed by atoms with Gasteiger partial charge in [0, 0.05) is 6.08 Å². The topological polar surface area (TPSA) is 67.4 Å². The molecule has 1 aromatic carbocycles. The maximum absolute atomic E-state index is 11.2. The molecular weight excluding hydrogens is 208 g/mol. The van der Waals surface area contributed by atoms with Crippen LogP contribution in [0.1, 0.15) is 5.56 Å². The van der Waals surface area contributed by atoms with E-state index in [1.54, 1.807) is 6.08 Å². The Balaban J connectivity index is 2.40. The number of rotatable bonds is 2. The third kappa shape index (κ3) is 4.28. The van der Waals surface area contributed by atoms with Gasteiger partial charge in [-0.2, -0.15) is 0 Å². The van der Waals surface area contributed by atoms with Crippen LogP contribution in [-0.2, 0) is 9.53 Å². The van der Waals surface area contributed by atoms with Crippen molar-refractivity contribution >= 4 is 18.1 Å². The highest BCUT2D eigenvalue weighted by molar-refractivity contribution is 5.92. The lowest BCUT2D eigenvalue weighted by Crippen LogP contribution is -2.40. The molecule has 0 saturated heterocycles. The number of carbonyl (C=O) groups is 2. The molecular formula is C11H12N2O3. The minimum atomic E-state index is -0.721. The van der Waals surface area contributed by atoms with Crippen molar-refractivity contribution in [3.05, 3.63) is 42.0 Å². The summed E-state index contributed by atoms with van der Waals surface area (Å²) in [6, 6.07) is 9.33. The maximum atomic E-state index is 11.2. The summed E-state index contributed by atoms with van der Waals surface area (Å²) < 4.78 is 4.27. The predicted molar refractivity (Wildman–Crippen MR) is 59.2 cm³/mol. The molecule has 0 spiro atoms. The highest BCUT2D eigenvalue weighted by Gasteiger charge is 1.98. The quantitative estimate of drug-likeness (QED) is 0.579. The Hall–Kier alpha value is -2.30. The molecule has 1 rings (SSSR count). The van der Waals surface area contributed by atoms with Crippen molar-refractivity contribution in [1.29, 1.82) is 0 Å². The lowest BCUT2D eigenvalue weighted by Gasteiger charge is -2.02. The van der Waals surface area contributed by atoms with Crippen LogP contribution in [-0.4, -0.2) is 19.1 Å². The van der Waals surface area contributed by atoms with Gasteiger partial charge in [0.15, 0.2) is 0 Å². The number of hydrogen-bond acceptors (Lipinski definition) is 3. The zero-order valence-electron chi connectivity index (χ0n) is 8.77. The Bertz CT molecular complexity index is 387. The van der Waals surface area contributed by atoms with Gasteiger partial charge in [-0.05, 0) is 11.6 Å². The van der Waals surface area contributed by atoms with Crippen LogP contribution in [0.25, 0.3) is 6.08 Å². The molecule has 2 N–H and O–H groups in total. The van der Waals surface area contributed by atoms with E-state index in [1.165, 1.54) is 13.2 Å². The fraction of sp³-hybridized carbons (Fsp3) is 0.0909. The Morgan fingerprint density at radius 2 is 1.88 bits per heavy atom. The molecule has 0 atom stereocenters. The van der Waals surface area contributed by atoms with Gasteiger partial charge in [0.25, 0.3) is 5.91 Å². The summed E-state index contributed by atoms with van der Waals surface area (Å²) in [5.74, 6) is -0.436. The summed E-state index contributed by atoms with van der Waals surface area (Å²) >= 11 is 0. The molecule has 0 heterocycles. The highest BCUT2D eigenvalue weighted by Crippen LogP contribution is 1.99. The van der Waals surface area contributed by atoms with E-state index in [-0.39, 0.29) is 0 Å². The van der Waals surface area contributed by atoms with Crippen LogP contribution in [0.15, 0.2) is 36.4 Å². The monoisotopic (exact) mass is 220 g/mol. The lowest BCUT2D eigenvalue weighted by molar-refractivity contribution is -0.117. The fourth-order valence-electron chi connectivity index (χ4n) is 0.941. The minimum absolute atomic E-state index is 0.436. The van der Waals surface area contributed by atoms with Gasteiger partial charge in [-0.1, -0.05) is 30.3 Å². The smallest absolute Gasteiger partial charge is 0.425 e. The molecule has 5 heteroatoms. The average Bonchev–Trinajstić information content (AvgIpc) is 2.34. The third-order valence-corrected chi connectivity index (χ3v) is 1.70. The molecule has 2 amide bonds. The van der Waals surface area contributed by atoms with E-state index in [9.17, 15) is 9.59 Å². The number of hydrazine groups is 1. The minimum Gasteiger partial charge on any atom is -0.452 e. The normalized spacial score (nSPS) is 9.81. The molecule has 0 aromatic heterocycles. The summed E-state index contributed by atoms with van der Waals surface area (Å²) in [7, 11) is 1.21. The van der Waals surface area contributed by atoms with Crippen molar-refractivity contribution in [2.45, 2.75) is 0 Å². The van der Waals surface area contributed by atoms with Crippen LogP contribution in [0.5, 0.6) is 0 Å². The van der Waals surface area contributed by atoms with Crippen molar-refractivity contribution in [2.75, 3.05) is 7.11 Å². The van der Waals surface area contributed by atoms with Crippen molar-refractivity contribution in [2.24, 2.45) is 0 Å². The van der Waals surface area contributed by atoms with Crippen LogP contribution in [0.4, 0.5) is 4.79 Å². The summed E-state index contributed by atoms with van der Waals surface area (Å²) in [6.07, 6.45) is 2.22.